The van der Waals surface area contributed by atoms with Crippen molar-refractivity contribution in [2.24, 2.45) is 0 Å². The van der Waals surface area contributed by atoms with E-state index in [2.05, 4.69) is 0 Å². The van der Waals surface area contributed by atoms with Gasteiger partial charge in [-0.15, -0.1) is 0 Å². The molecule has 4 heteroatoms. The summed E-state index contributed by atoms with van der Waals surface area (Å²) in [6, 6.07) is 13.0. The molecule has 0 amide bonds. The summed E-state index contributed by atoms with van der Waals surface area (Å²) in [5.41, 5.74) is 3.24. The van der Waals surface area contributed by atoms with Crippen molar-refractivity contribution in [1.29, 1.82) is 0 Å². The highest BCUT2D eigenvalue weighted by atomic mass is 35.5. The lowest BCUT2D eigenvalue weighted by molar-refractivity contribution is 0.0698. The molecule has 1 heterocycles. The van der Waals surface area contributed by atoms with E-state index in [0.29, 0.717) is 17.1 Å². The van der Waals surface area contributed by atoms with Crippen LogP contribution in [-0.4, -0.2) is 15.6 Å². The Hall–Kier alpha value is -2.26. The Morgan fingerprint density at radius 1 is 1.19 bits per heavy atom. The molecule has 0 aliphatic rings. The van der Waals surface area contributed by atoms with Gasteiger partial charge >= 0.3 is 5.97 Å². The normalized spacial score (nSPS) is 11.0. The molecule has 0 saturated carbocycles. The zero-order valence-electron chi connectivity index (χ0n) is 11.5. The van der Waals surface area contributed by atoms with E-state index in [1.54, 1.807) is 12.1 Å². The van der Waals surface area contributed by atoms with Gasteiger partial charge in [-0.05, 0) is 36.2 Å². The standard InChI is InChI=1S/C17H14ClNO2/c1-11-9-19(10-12-5-7-13(18)8-6-12)16-14(11)3-2-4-15(16)17(20)21/h2-9H,10H2,1H3,(H,20,21). The number of carboxylic acid groups (broad SMARTS) is 1. The molecule has 3 nitrogen and oxygen atoms in total. The Bertz CT molecular complexity index is 819. The molecule has 1 aromatic heterocycles. The summed E-state index contributed by atoms with van der Waals surface area (Å²) in [6.45, 7) is 2.61. The van der Waals surface area contributed by atoms with Crippen LogP contribution in [0.25, 0.3) is 10.9 Å². The number of hydrogen-bond acceptors (Lipinski definition) is 1. The van der Waals surface area contributed by atoms with Gasteiger partial charge in [0.1, 0.15) is 0 Å². The summed E-state index contributed by atoms with van der Waals surface area (Å²) < 4.78 is 1.98. The summed E-state index contributed by atoms with van der Waals surface area (Å²) in [5.74, 6) is -0.906. The van der Waals surface area contributed by atoms with Crippen molar-refractivity contribution in [1.82, 2.24) is 4.57 Å². The first-order chi connectivity index (χ1) is 10.1. The SMILES string of the molecule is Cc1cn(Cc2ccc(Cl)cc2)c2c(C(=O)O)cccc12. The number of benzene rings is 2. The minimum absolute atomic E-state index is 0.328. The van der Waals surface area contributed by atoms with Crippen molar-refractivity contribution >= 4 is 28.5 Å². The van der Waals surface area contributed by atoms with Crippen molar-refractivity contribution in [2.45, 2.75) is 13.5 Å². The molecule has 0 bridgehead atoms. The van der Waals surface area contributed by atoms with Crippen LogP contribution in [-0.2, 0) is 6.54 Å². The first-order valence-electron chi connectivity index (χ1n) is 6.62. The summed E-state index contributed by atoms with van der Waals surface area (Å²) in [4.78, 5) is 11.4. The third kappa shape index (κ3) is 2.52. The number of carboxylic acids is 1. The van der Waals surface area contributed by atoms with E-state index in [0.717, 1.165) is 22.0 Å². The first kappa shape index (κ1) is 13.7. The predicted octanol–water partition coefficient (Wildman–Crippen LogP) is 4.35. The average molecular weight is 300 g/mol. The van der Waals surface area contributed by atoms with Gasteiger partial charge in [-0.3, -0.25) is 0 Å². The highest BCUT2D eigenvalue weighted by Crippen LogP contribution is 2.25. The molecule has 0 unspecified atom stereocenters. The second-order valence-corrected chi connectivity index (χ2v) is 5.51. The van der Waals surface area contributed by atoms with Crippen LogP contribution in [0.4, 0.5) is 0 Å². The summed E-state index contributed by atoms with van der Waals surface area (Å²) in [7, 11) is 0. The maximum atomic E-state index is 11.4. The molecule has 0 atom stereocenters. The monoisotopic (exact) mass is 299 g/mol. The number of aryl methyl sites for hydroxylation is 1. The van der Waals surface area contributed by atoms with Gasteiger partial charge in [0, 0.05) is 23.2 Å². The molecule has 2 aromatic carbocycles. The highest BCUT2D eigenvalue weighted by Gasteiger charge is 2.14. The number of aromatic carboxylic acids is 1. The Morgan fingerprint density at radius 3 is 2.57 bits per heavy atom. The number of para-hydroxylation sites is 1. The molecule has 106 valence electrons. The Balaban J connectivity index is 2.14. The number of rotatable bonds is 3. The summed E-state index contributed by atoms with van der Waals surface area (Å²) in [6.07, 6.45) is 1.99. The third-order valence-corrected chi connectivity index (χ3v) is 3.85. The minimum atomic E-state index is -0.906. The maximum absolute atomic E-state index is 11.4. The molecule has 0 saturated heterocycles. The smallest absolute Gasteiger partial charge is 0.337 e. The lowest BCUT2D eigenvalue weighted by Gasteiger charge is -2.08. The van der Waals surface area contributed by atoms with E-state index < -0.39 is 5.97 Å². The maximum Gasteiger partial charge on any atom is 0.337 e. The number of carbonyl (C=O) groups is 1. The second kappa shape index (κ2) is 5.26. The minimum Gasteiger partial charge on any atom is -0.478 e. The lowest BCUT2D eigenvalue weighted by Crippen LogP contribution is -2.04. The number of aromatic nitrogens is 1. The van der Waals surface area contributed by atoms with Crippen LogP contribution in [0.5, 0.6) is 0 Å². The largest absolute Gasteiger partial charge is 0.478 e. The molecule has 0 aliphatic heterocycles. The van der Waals surface area contributed by atoms with E-state index in [-0.39, 0.29) is 0 Å². The number of hydrogen-bond donors (Lipinski definition) is 1. The fourth-order valence-electron chi connectivity index (χ4n) is 2.62. The summed E-state index contributed by atoms with van der Waals surface area (Å²) >= 11 is 5.90. The van der Waals surface area contributed by atoms with E-state index in [4.69, 9.17) is 11.6 Å². The van der Waals surface area contributed by atoms with E-state index in [1.807, 2.05) is 48.0 Å². The first-order valence-corrected chi connectivity index (χ1v) is 7.00. The van der Waals surface area contributed by atoms with Gasteiger partial charge in [-0.2, -0.15) is 0 Å². The Kier molecular flexibility index (Phi) is 3.43. The molecule has 21 heavy (non-hydrogen) atoms. The topological polar surface area (TPSA) is 42.2 Å². The predicted molar refractivity (Wildman–Crippen MR) is 84.2 cm³/mol. The molecule has 0 aliphatic carbocycles. The van der Waals surface area contributed by atoms with Crippen LogP contribution < -0.4 is 0 Å². The fourth-order valence-corrected chi connectivity index (χ4v) is 2.75. The number of halogens is 1. The van der Waals surface area contributed by atoms with Crippen LogP contribution in [0, 0.1) is 6.92 Å². The zero-order chi connectivity index (χ0) is 15.0. The zero-order valence-corrected chi connectivity index (χ0v) is 12.3. The molecular weight excluding hydrogens is 286 g/mol. The number of fused-ring (bicyclic) bond motifs is 1. The van der Waals surface area contributed by atoms with Gasteiger partial charge in [0.25, 0.3) is 0 Å². The summed E-state index contributed by atoms with van der Waals surface area (Å²) in [5, 5.41) is 11.1. The van der Waals surface area contributed by atoms with Crippen LogP contribution in [0.1, 0.15) is 21.5 Å². The van der Waals surface area contributed by atoms with E-state index >= 15 is 0 Å². The fraction of sp³-hybridized carbons (Fsp3) is 0.118. The van der Waals surface area contributed by atoms with Gasteiger partial charge < -0.3 is 9.67 Å². The van der Waals surface area contributed by atoms with Crippen LogP contribution in [0.3, 0.4) is 0 Å². The Morgan fingerprint density at radius 2 is 1.90 bits per heavy atom. The molecule has 3 aromatic rings. The third-order valence-electron chi connectivity index (χ3n) is 3.59. The van der Waals surface area contributed by atoms with Crippen molar-refractivity contribution in [3.63, 3.8) is 0 Å². The van der Waals surface area contributed by atoms with Crippen LogP contribution in [0.15, 0.2) is 48.7 Å². The molecule has 0 radical (unpaired) electrons. The van der Waals surface area contributed by atoms with Gasteiger partial charge in [0.15, 0.2) is 0 Å². The second-order valence-electron chi connectivity index (χ2n) is 5.07. The van der Waals surface area contributed by atoms with Gasteiger partial charge in [0.05, 0.1) is 11.1 Å². The Labute approximate surface area is 127 Å². The van der Waals surface area contributed by atoms with Crippen molar-refractivity contribution in [3.8, 4) is 0 Å². The highest BCUT2D eigenvalue weighted by molar-refractivity contribution is 6.30. The number of nitrogens with zero attached hydrogens (tertiary/aromatic N) is 1. The average Bonchev–Trinajstić information content (AvgIpc) is 2.78. The van der Waals surface area contributed by atoms with E-state index in [9.17, 15) is 9.90 Å². The van der Waals surface area contributed by atoms with Crippen molar-refractivity contribution in [3.05, 3.63) is 70.4 Å². The quantitative estimate of drug-likeness (QED) is 0.781. The van der Waals surface area contributed by atoms with Crippen molar-refractivity contribution in [2.75, 3.05) is 0 Å². The molecule has 1 N–H and O–H groups in total. The molecule has 0 spiro atoms. The lowest BCUT2D eigenvalue weighted by atomic mass is 10.1. The molecular formula is C17H14ClNO2. The van der Waals surface area contributed by atoms with Crippen LogP contribution in [0.2, 0.25) is 5.02 Å². The van der Waals surface area contributed by atoms with Crippen molar-refractivity contribution < 1.29 is 9.90 Å². The van der Waals surface area contributed by atoms with Crippen LogP contribution >= 0.6 is 11.6 Å². The van der Waals surface area contributed by atoms with Gasteiger partial charge in [0.2, 0.25) is 0 Å². The van der Waals surface area contributed by atoms with E-state index in [1.165, 1.54) is 0 Å². The molecule has 0 fully saturated rings. The van der Waals surface area contributed by atoms with Gasteiger partial charge in [-0.1, -0.05) is 35.9 Å². The van der Waals surface area contributed by atoms with Gasteiger partial charge in [-0.25, -0.2) is 4.79 Å². The molecule has 3 rings (SSSR count).